The number of hydrogen-bond acceptors (Lipinski definition) is 2. The van der Waals surface area contributed by atoms with Crippen molar-refractivity contribution in [1.29, 1.82) is 0 Å². The van der Waals surface area contributed by atoms with E-state index in [9.17, 15) is 14.3 Å². The molecule has 0 spiro atoms. The number of aryl methyl sites for hydroxylation is 1. The van der Waals surface area contributed by atoms with E-state index < -0.39 is 5.54 Å². The van der Waals surface area contributed by atoms with E-state index in [4.69, 9.17) is 0 Å². The molecule has 1 aromatic rings. The second kappa shape index (κ2) is 5.06. The quantitative estimate of drug-likeness (QED) is 0.865. The van der Waals surface area contributed by atoms with E-state index in [-0.39, 0.29) is 18.3 Å². The minimum absolute atomic E-state index is 0.0427. The number of halogens is 1. The van der Waals surface area contributed by atoms with Crippen LogP contribution < -0.4 is 5.32 Å². The van der Waals surface area contributed by atoms with Crippen LogP contribution in [0.15, 0.2) is 18.2 Å². The van der Waals surface area contributed by atoms with Crippen LogP contribution in [0.2, 0.25) is 0 Å². The highest BCUT2D eigenvalue weighted by atomic mass is 19.1. The number of carbonyl (C=O) groups is 1. The van der Waals surface area contributed by atoms with Crippen LogP contribution in [0.1, 0.15) is 41.6 Å². The Balaban J connectivity index is 2.13. The molecule has 98 valence electrons. The second-order valence-corrected chi connectivity index (χ2v) is 5.06. The van der Waals surface area contributed by atoms with Crippen molar-refractivity contribution in [2.75, 3.05) is 6.61 Å². The molecule has 0 aromatic heterocycles. The van der Waals surface area contributed by atoms with Crippen molar-refractivity contribution in [1.82, 2.24) is 5.32 Å². The van der Waals surface area contributed by atoms with Crippen LogP contribution in [0.4, 0.5) is 4.39 Å². The van der Waals surface area contributed by atoms with Gasteiger partial charge in [0.15, 0.2) is 0 Å². The molecule has 1 aliphatic carbocycles. The van der Waals surface area contributed by atoms with Gasteiger partial charge in [-0.05, 0) is 43.5 Å². The van der Waals surface area contributed by atoms with Crippen molar-refractivity contribution < 1.29 is 14.3 Å². The Morgan fingerprint density at radius 2 is 2.11 bits per heavy atom. The van der Waals surface area contributed by atoms with Crippen LogP contribution in [0.25, 0.3) is 0 Å². The minimum atomic E-state index is -0.487. The molecule has 2 rings (SSSR count). The highest BCUT2D eigenvalue weighted by Gasteiger charge is 2.34. The normalized spacial score (nSPS) is 17.7. The summed E-state index contributed by atoms with van der Waals surface area (Å²) in [5, 5.41) is 12.3. The van der Waals surface area contributed by atoms with Gasteiger partial charge in [-0.1, -0.05) is 12.8 Å². The zero-order valence-corrected chi connectivity index (χ0v) is 10.5. The van der Waals surface area contributed by atoms with Crippen molar-refractivity contribution in [2.24, 2.45) is 0 Å². The highest BCUT2D eigenvalue weighted by molar-refractivity contribution is 5.94. The third kappa shape index (κ3) is 2.53. The molecule has 0 unspecified atom stereocenters. The lowest BCUT2D eigenvalue weighted by molar-refractivity contribution is 0.0838. The van der Waals surface area contributed by atoms with Crippen LogP contribution in [-0.4, -0.2) is 23.2 Å². The van der Waals surface area contributed by atoms with Crippen LogP contribution in [0, 0.1) is 12.7 Å². The van der Waals surface area contributed by atoms with E-state index in [1.807, 2.05) is 0 Å². The molecule has 1 aliphatic rings. The van der Waals surface area contributed by atoms with Gasteiger partial charge in [0.25, 0.3) is 5.91 Å². The van der Waals surface area contributed by atoms with E-state index in [1.54, 1.807) is 6.92 Å². The first kappa shape index (κ1) is 13.0. The van der Waals surface area contributed by atoms with E-state index in [0.717, 1.165) is 25.7 Å². The van der Waals surface area contributed by atoms with Crippen LogP contribution in [-0.2, 0) is 0 Å². The average molecular weight is 251 g/mol. The first-order chi connectivity index (χ1) is 8.56. The number of aliphatic hydroxyl groups excluding tert-OH is 1. The Morgan fingerprint density at radius 1 is 1.44 bits per heavy atom. The lowest BCUT2D eigenvalue weighted by Gasteiger charge is -2.28. The summed E-state index contributed by atoms with van der Waals surface area (Å²) in [5.41, 5.74) is 0.403. The standard InChI is InChI=1S/C14H18FNO2/c1-10-8-11(4-5-12(10)15)13(18)16-14(9-17)6-2-3-7-14/h4-5,8,17H,2-3,6-7,9H2,1H3,(H,16,18). The first-order valence-electron chi connectivity index (χ1n) is 6.26. The fourth-order valence-corrected chi connectivity index (χ4v) is 2.47. The molecule has 0 radical (unpaired) electrons. The fraction of sp³-hybridized carbons (Fsp3) is 0.500. The van der Waals surface area contributed by atoms with Crippen molar-refractivity contribution in [3.05, 3.63) is 35.1 Å². The number of rotatable bonds is 3. The molecule has 0 heterocycles. The number of carbonyl (C=O) groups excluding carboxylic acids is 1. The summed E-state index contributed by atoms with van der Waals surface area (Å²) >= 11 is 0. The molecular weight excluding hydrogens is 233 g/mol. The number of amides is 1. The van der Waals surface area contributed by atoms with Gasteiger partial charge in [0.2, 0.25) is 0 Å². The van der Waals surface area contributed by atoms with Gasteiger partial charge in [-0.25, -0.2) is 4.39 Å². The van der Waals surface area contributed by atoms with Crippen molar-refractivity contribution in [3.63, 3.8) is 0 Å². The number of hydrogen-bond donors (Lipinski definition) is 2. The molecule has 3 nitrogen and oxygen atoms in total. The van der Waals surface area contributed by atoms with E-state index in [2.05, 4.69) is 5.32 Å². The van der Waals surface area contributed by atoms with Gasteiger partial charge in [0, 0.05) is 5.56 Å². The molecule has 18 heavy (non-hydrogen) atoms. The Labute approximate surface area is 106 Å². The van der Waals surface area contributed by atoms with Crippen LogP contribution in [0.5, 0.6) is 0 Å². The van der Waals surface area contributed by atoms with Gasteiger partial charge in [0.1, 0.15) is 5.82 Å². The van der Waals surface area contributed by atoms with Crippen molar-refractivity contribution in [2.45, 2.75) is 38.1 Å². The zero-order valence-electron chi connectivity index (χ0n) is 10.5. The summed E-state index contributed by atoms with van der Waals surface area (Å²) < 4.78 is 13.1. The molecule has 0 aliphatic heterocycles. The predicted octanol–water partition coefficient (Wildman–Crippen LogP) is 2.17. The summed E-state index contributed by atoms with van der Waals surface area (Å²) in [5.74, 6) is -0.557. The highest BCUT2D eigenvalue weighted by Crippen LogP contribution is 2.29. The predicted molar refractivity (Wildman–Crippen MR) is 66.9 cm³/mol. The lowest BCUT2D eigenvalue weighted by atomic mass is 9.98. The van der Waals surface area contributed by atoms with Gasteiger partial charge in [-0.3, -0.25) is 4.79 Å². The molecule has 1 saturated carbocycles. The lowest BCUT2D eigenvalue weighted by Crippen LogP contribution is -2.49. The molecule has 0 atom stereocenters. The first-order valence-corrected chi connectivity index (χ1v) is 6.26. The van der Waals surface area contributed by atoms with Crippen molar-refractivity contribution in [3.8, 4) is 0 Å². The average Bonchev–Trinajstić information content (AvgIpc) is 2.82. The summed E-state index contributed by atoms with van der Waals surface area (Å²) in [4.78, 5) is 12.1. The maximum absolute atomic E-state index is 13.1. The summed E-state index contributed by atoms with van der Waals surface area (Å²) in [6.45, 7) is 1.59. The second-order valence-electron chi connectivity index (χ2n) is 5.06. The van der Waals surface area contributed by atoms with Gasteiger partial charge >= 0.3 is 0 Å². The van der Waals surface area contributed by atoms with E-state index >= 15 is 0 Å². The van der Waals surface area contributed by atoms with Gasteiger partial charge in [-0.2, -0.15) is 0 Å². The van der Waals surface area contributed by atoms with Crippen molar-refractivity contribution >= 4 is 5.91 Å². The molecule has 1 amide bonds. The van der Waals surface area contributed by atoms with E-state index in [1.165, 1.54) is 18.2 Å². The Bertz CT molecular complexity index is 453. The smallest absolute Gasteiger partial charge is 0.251 e. The molecule has 4 heteroatoms. The van der Waals surface area contributed by atoms with Gasteiger partial charge in [-0.15, -0.1) is 0 Å². The Morgan fingerprint density at radius 3 is 2.67 bits per heavy atom. The minimum Gasteiger partial charge on any atom is -0.394 e. The summed E-state index contributed by atoms with van der Waals surface area (Å²) in [7, 11) is 0. The number of nitrogens with one attached hydrogen (secondary N) is 1. The molecule has 0 saturated heterocycles. The summed E-state index contributed by atoms with van der Waals surface area (Å²) in [6, 6.07) is 4.30. The maximum atomic E-state index is 13.1. The fourth-order valence-electron chi connectivity index (χ4n) is 2.47. The molecule has 0 bridgehead atoms. The Hall–Kier alpha value is -1.42. The number of benzene rings is 1. The molecule has 1 aromatic carbocycles. The van der Waals surface area contributed by atoms with E-state index in [0.29, 0.717) is 11.1 Å². The molecular formula is C14H18FNO2. The molecule has 2 N–H and O–H groups in total. The topological polar surface area (TPSA) is 49.3 Å². The van der Waals surface area contributed by atoms with Gasteiger partial charge in [0.05, 0.1) is 12.1 Å². The Kier molecular flexibility index (Phi) is 3.66. The summed E-state index contributed by atoms with van der Waals surface area (Å²) in [6.07, 6.45) is 3.64. The third-order valence-electron chi connectivity index (χ3n) is 3.66. The number of aliphatic hydroxyl groups is 1. The maximum Gasteiger partial charge on any atom is 0.251 e. The van der Waals surface area contributed by atoms with Crippen LogP contribution >= 0.6 is 0 Å². The monoisotopic (exact) mass is 251 g/mol. The van der Waals surface area contributed by atoms with Gasteiger partial charge < -0.3 is 10.4 Å². The van der Waals surface area contributed by atoms with Crippen LogP contribution in [0.3, 0.4) is 0 Å². The SMILES string of the molecule is Cc1cc(C(=O)NC2(CO)CCCC2)ccc1F. The largest absolute Gasteiger partial charge is 0.394 e. The molecule has 1 fully saturated rings. The third-order valence-corrected chi connectivity index (χ3v) is 3.66. The zero-order chi connectivity index (χ0) is 13.2.